The first-order chi connectivity index (χ1) is 4.96. The van der Waals surface area contributed by atoms with E-state index in [1.165, 1.54) is 0 Å². The van der Waals surface area contributed by atoms with Crippen molar-refractivity contribution >= 4 is 46.7 Å². The van der Waals surface area contributed by atoms with Crippen molar-refractivity contribution in [2.45, 2.75) is 4.33 Å². The fourth-order valence-electron chi connectivity index (χ4n) is 0.285. The Labute approximate surface area is 77.5 Å². The minimum absolute atomic E-state index is 0.919. The molecule has 0 bridgehead atoms. The van der Waals surface area contributed by atoms with Crippen LogP contribution < -0.4 is 4.84 Å². The van der Waals surface area contributed by atoms with Gasteiger partial charge in [-0.05, 0) is 0 Å². The number of hydrogen-bond acceptors (Lipinski definition) is 3. The molecule has 4 nitrogen and oxygen atoms in total. The van der Waals surface area contributed by atoms with Gasteiger partial charge in [-0.3, -0.25) is 14.4 Å². The molecule has 0 unspecified atom stereocenters. The Balaban J connectivity index is 4.44. The maximum Gasteiger partial charge on any atom is 0.278 e. The van der Waals surface area contributed by atoms with E-state index < -0.39 is 22.6 Å². The number of alkyl halides is 2. The summed E-state index contributed by atoms with van der Waals surface area (Å²) in [4.78, 5) is 22.8. The minimum Gasteiger partial charge on any atom is -0.388 e. The Morgan fingerprint density at radius 1 is 1.45 bits per heavy atom. The predicted octanol–water partition coefficient (Wildman–Crippen LogP) is -0.00830. The van der Waals surface area contributed by atoms with E-state index in [9.17, 15) is 9.59 Å². The monoisotopic (exact) mass is 219 g/mol. The zero-order chi connectivity index (χ0) is 9.07. The van der Waals surface area contributed by atoms with Crippen molar-refractivity contribution in [2.75, 3.05) is 6.61 Å². The summed E-state index contributed by atoms with van der Waals surface area (Å²) in [6.45, 7) is -0.919. The molecule has 0 aliphatic heterocycles. The van der Waals surface area contributed by atoms with Crippen molar-refractivity contribution < 1.29 is 14.7 Å². The van der Waals surface area contributed by atoms with Gasteiger partial charge in [0.25, 0.3) is 10.2 Å². The van der Waals surface area contributed by atoms with Crippen LogP contribution >= 0.6 is 35.0 Å². The largest absolute Gasteiger partial charge is 0.388 e. The summed E-state index contributed by atoms with van der Waals surface area (Å²) in [5, 5.41) is 8.27. The highest BCUT2D eigenvalue weighted by Gasteiger charge is 2.41. The summed E-state index contributed by atoms with van der Waals surface area (Å²) in [6, 6.07) is 0. The third kappa shape index (κ3) is 2.48. The number of halogens is 3. The number of hydrogen-bond donors (Lipinski definition) is 2. The van der Waals surface area contributed by atoms with Gasteiger partial charge in [0.1, 0.15) is 6.61 Å². The van der Waals surface area contributed by atoms with Crippen molar-refractivity contribution in [3.8, 4) is 0 Å². The molecule has 0 aliphatic carbocycles. The van der Waals surface area contributed by atoms with Gasteiger partial charge >= 0.3 is 0 Å². The summed E-state index contributed by atoms with van der Waals surface area (Å²) in [7, 11) is 0. The molecule has 0 saturated heterocycles. The van der Waals surface area contributed by atoms with E-state index in [-0.39, 0.29) is 0 Å². The second-order valence-electron chi connectivity index (χ2n) is 1.58. The summed E-state index contributed by atoms with van der Waals surface area (Å²) in [5.41, 5.74) is 0. The number of nitrogens with one attached hydrogen (secondary N) is 1. The average Bonchev–Trinajstić information content (AvgIpc) is 2.01. The Bertz CT molecular complexity index is 163. The van der Waals surface area contributed by atoms with Crippen LogP contribution in [0.5, 0.6) is 0 Å². The summed E-state index contributed by atoms with van der Waals surface area (Å²) >= 11 is 15.2. The number of ketones is 1. The van der Waals surface area contributed by atoms with Crippen LogP contribution in [0.2, 0.25) is 0 Å². The lowest BCUT2D eigenvalue weighted by atomic mass is 10.3. The van der Waals surface area contributed by atoms with E-state index >= 15 is 0 Å². The topological polar surface area (TPSA) is 66.4 Å². The van der Waals surface area contributed by atoms with E-state index in [1.54, 1.807) is 4.84 Å². The molecule has 0 radical (unpaired) electrons. The van der Waals surface area contributed by atoms with Gasteiger partial charge in [-0.2, -0.15) is 0 Å². The van der Waals surface area contributed by atoms with Crippen LogP contribution in [0.4, 0.5) is 0 Å². The highest BCUT2D eigenvalue weighted by atomic mass is 35.5. The van der Waals surface area contributed by atoms with Gasteiger partial charge < -0.3 is 5.11 Å². The fraction of sp³-hybridized carbons (Fsp3) is 0.500. The van der Waals surface area contributed by atoms with Gasteiger partial charge in [-0.1, -0.05) is 23.2 Å². The Morgan fingerprint density at radius 2 is 1.91 bits per heavy atom. The summed E-state index contributed by atoms with van der Waals surface area (Å²) in [5.74, 6) is -2.11. The number of carbonyl (C=O) groups excluding carboxylic acids is 2. The van der Waals surface area contributed by atoms with Crippen LogP contribution in [0.15, 0.2) is 0 Å². The van der Waals surface area contributed by atoms with Gasteiger partial charge in [0.2, 0.25) is 5.78 Å². The molecule has 0 aliphatic rings. The summed E-state index contributed by atoms with van der Waals surface area (Å²) in [6.07, 6.45) is 0. The van der Waals surface area contributed by atoms with Gasteiger partial charge in [0.15, 0.2) is 0 Å². The van der Waals surface area contributed by atoms with Crippen molar-refractivity contribution in [3.05, 3.63) is 0 Å². The van der Waals surface area contributed by atoms with Gasteiger partial charge in [-0.25, -0.2) is 0 Å². The first kappa shape index (κ1) is 11.0. The summed E-state index contributed by atoms with van der Waals surface area (Å²) < 4.78 is -2.31. The van der Waals surface area contributed by atoms with Crippen molar-refractivity contribution in [3.63, 3.8) is 0 Å². The number of aliphatic hydroxyl groups excluding tert-OH is 1. The Hall–Kier alpha value is -0.0300. The van der Waals surface area contributed by atoms with E-state index in [0.717, 1.165) is 0 Å². The van der Waals surface area contributed by atoms with Crippen LogP contribution in [0, 0.1) is 0 Å². The van der Waals surface area contributed by atoms with E-state index in [4.69, 9.17) is 40.1 Å². The molecule has 0 fully saturated rings. The molecule has 64 valence electrons. The van der Waals surface area contributed by atoms with Crippen LogP contribution in [-0.4, -0.2) is 27.7 Å². The molecular formula is C4H4Cl3NO3. The second kappa shape index (κ2) is 4.11. The van der Waals surface area contributed by atoms with Crippen LogP contribution in [0.1, 0.15) is 0 Å². The first-order valence-corrected chi connectivity index (χ1v) is 3.53. The molecule has 0 spiro atoms. The van der Waals surface area contributed by atoms with Crippen molar-refractivity contribution in [1.82, 2.24) is 4.84 Å². The molecule has 0 aromatic rings. The molecule has 0 rings (SSSR count). The SMILES string of the molecule is O=C(CO)C(Cl)(Cl)C(=O)NCl. The van der Waals surface area contributed by atoms with Crippen LogP contribution in [0.3, 0.4) is 0 Å². The Morgan fingerprint density at radius 3 is 2.18 bits per heavy atom. The normalized spacial score (nSPS) is 10.9. The fourth-order valence-corrected chi connectivity index (χ4v) is 0.738. The second-order valence-corrected chi connectivity index (χ2v) is 3.10. The molecule has 0 saturated carbocycles. The van der Waals surface area contributed by atoms with Crippen molar-refractivity contribution in [1.29, 1.82) is 0 Å². The van der Waals surface area contributed by atoms with Crippen molar-refractivity contribution in [2.24, 2.45) is 0 Å². The first-order valence-electron chi connectivity index (χ1n) is 2.39. The van der Waals surface area contributed by atoms with E-state index in [2.05, 4.69) is 0 Å². The molecule has 0 heterocycles. The molecule has 1 amide bonds. The third-order valence-electron chi connectivity index (χ3n) is 0.865. The number of amides is 1. The lowest BCUT2D eigenvalue weighted by Crippen LogP contribution is -2.42. The molecular weight excluding hydrogens is 216 g/mol. The standard InChI is InChI=1S/C4H4Cl3NO3/c5-4(6,2(10)1-9)3(11)8-7/h9H,1H2,(H,8,11). The van der Waals surface area contributed by atoms with E-state index in [0.29, 0.717) is 0 Å². The van der Waals surface area contributed by atoms with Gasteiger partial charge in [0, 0.05) is 11.8 Å². The number of Topliss-reactive ketones (excluding diaryl/α,β-unsaturated/α-hetero) is 1. The lowest BCUT2D eigenvalue weighted by molar-refractivity contribution is -0.129. The molecule has 0 aromatic carbocycles. The smallest absolute Gasteiger partial charge is 0.278 e. The van der Waals surface area contributed by atoms with Gasteiger partial charge in [-0.15, -0.1) is 0 Å². The van der Waals surface area contributed by atoms with Crippen LogP contribution in [-0.2, 0) is 9.59 Å². The highest BCUT2D eigenvalue weighted by Crippen LogP contribution is 2.22. The molecule has 11 heavy (non-hydrogen) atoms. The zero-order valence-electron chi connectivity index (χ0n) is 5.10. The maximum atomic E-state index is 10.6. The van der Waals surface area contributed by atoms with Gasteiger partial charge in [0.05, 0.1) is 0 Å². The molecule has 0 aromatic heterocycles. The minimum atomic E-state index is -2.31. The quantitative estimate of drug-likeness (QED) is 0.399. The number of carbonyl (C=O) groups is 2. The third-order valence-corrected chi connectivity index (χ3v) is 1.80. The maximum absolute atomic E-state index is 10.6. The van der Waals surface area contributed by atoms with Crippen LogP contribution in [0.25, 0.3) is 0 Å². The zero-order valence-corrected chi connectivity index (χ0v) is 7.37. The molecule has 7 heteroatoms. The lowest BCUT2D eigenvalue weighted by Gasteiger charge is -2.12. The number of aliphatic hydroxyl groups is 1. The molecule has 2 N–H and O–H groups in total. The Kier molecular flexibility index (Phi) is 4.10. The predicted molar refractivity (Wildman–Crippen MR) is 40.5 cm³/mol. The highest BCUT2D eigenvalue weighted by molar-refractivity contribution is 6.68. The average molecular weight is 220 g/mol. The molecule has 0 atom stereocenters. The number of rotatable bonds is 3. The van der Waals surface area contributed by atoms with E-state index in [1.807, 2.05) is 0 Å².